The van der Waals surface area contributed by atoms with Crippen LogP contribution in [0.4, 0.5) is 34.1 Å². The summed E-state index contributed by atoms with van der Waals surface area (Å²) in [6, 6.07) is 70.9. The van der Waals surface area contributed by atoms with Crippen LogP contribution in [0.1, 0.15) is 17.2 Å². The van der Waals surface area contributed by atoms with Crippen molar-refractivity contribution in [1.29, 1.82) is 0 Å². The van der Waals surface area contributed by atoms with Crippen LogP contribution in [0.2, 0.25) is 0 Å². The van der Waals surface area contributed by atoms with Crippen molar-refractivity contribution in [2.24, 2.45) is 0 Å². The van der Waals surface area contributed by atoms with Crippen LogP contribution in [0.5, 0.6) is 23.0 Å². The van der Waals surface area contributed by atoms with Crippen LogP contribution in [-0.4, -0.2) is 46.0 Å². The Morgan fingerprint density at radius 3 is 1.03 bits per heavy atom. The summed E-state index contributed by atoms with van der Waals surface area (Å²) in [7, 11) is 2.24. The van der Waals surface area contributed by atoms with E-state index in [0.717, 1.165) is 101 Å². The van der Waals surface area contributed by atoms with E-state index >= 15 is 0 Å². The Morgan fingerprint density at radius 1 is 0.417 bits per heavy atom. The largest absolute Gasteiger partial charge is 0.497 e. The van der Waals surface area contributed by atoms with E-state index in [2.05, 4.69) is 99.3 Å². The molecule has 0 saturated carbocycles. The Kier molecular flexibility index (Phi) is 13.4. The normalized spacial score (nSPS) is 11.8. The van der Waals surface area contributed by atoms with Crippen molar-refractivity contribution in [3.63, 3.8) is 0 Å². The fourth-order valence-corrected chi connectivity index (χ4v) is 10.4. The van der Waals surface area contributed by atoms with Crippen LogP contribution in [-0.2, 0) is 16.7 Å². The molecule has 1 heterocycles. The van der Waals surface area contributed by atoms with E-state index < -0.39 is 15.4 Å². The molecule has 1 N–H and O–H groups in total. The molecule has 10 aromatic rings. The molecule has 9 aromatic carbocycles. The summed E-state index contributed by atoms with van der Waals surface area (Å²) in [5.74, 6) is 3.10. The summed E-state index contributed by atoms with van der Waals surface area (Å²) < 4.78 is 60.4. The third kappa shape index (κ3) is 9.68. The fourth-order valence-electron chi connectivity index (χ4n) is 9.53. The third-order valence-electron chi connectivity index (χ3n) is 13.3. The summed E-state index contributed by atoms with van der Waals surface area (Å²) in [5, 5.41) is 0.959. The first-order valence-electron chi connectivity index (χ1n) is 23.6. The molecule has 0 aliphatic heterocycles. The van der Waals surface area contributed by atoms with Crippen molar-refractivity contribution in [2.45, 2.75) is 18.2 Å². The molecule has 1 unspecified atom stereocenters. The van der Waals surface area contributed by atoms with Crippen LogP contribution in [0.3, 0.4) is 0 Å². The highest BCUT2D eigenvalue weighted by molar-refractivity contribution is 7.86. The highest BCUT2D eigenvalue weighted by Crippen LogP contribution is 2.41. The Balaban J connectivity index is 1.04. The van der Waals surface area contributed by atoms with Gasteiger partial charge in [-0.05, 0) is 180 Å². The van der Waals surface area contributed by atoms with Crippen LogP contribution >= 0.6 is 0 Å². The zero-order valence-corrected chi connectivity index (χ0v) is 41.2. The van der Waals surface area contributed by atoms with Crippen molar-refractivity contribution >= 4 is 66.0 Å². The minimum absolute atomic E-state index is 0.173. The van der Waals surface area contributed by atoms with Gasteiger partial charge in [-0.15, -0.1) is 0 Å². The minimum Gasteiger partial charge on any atom is -0.497 e. The van der Waals surface area contributed by atoms with Gasteiger partial charge < -0.3 is 33.3 Å². The molecule has 10 nitrogen and oxygen atoms in total. The second-order valence-corrected chi connectivity index (χ2v) is 19.0. The van der Waals surface area contributed by atoms with Gasteiger partial charge in [0, 0.05) is 62.5 Å². The number of methoxy groups -OCH3 is 4. The predicted molar refractivity (Wildman–Crippen MR) is 291 cm³/mol. The lowest BCUT2D eigenvalue weighted by atomic mass is 9.99. The summed E-state index contributed by atoms with van der Waals surface area (Å²) in [6.07, 6.45) is 0.173. The molecule has 0 saturated heterocycles. The fraction of sp³-hybridized carbons (Fsp3) is 0.115. The molecule has 1 aromatic heterocycles. The Hall–Kier alpha value is -8.51. The van der Waals surface area contributed by atoms with Crippen molar-refractivity contribution in [1.82, 2.24) is 4.57 Å². The molecular weight excluding hydrogens is 919 g/mol. The van der Waals surface area contributed by atoms with E-state index in [1.54, 1.807) is 52.7 Å². The van der Waals surface area contributed by atoms with Crippen LogP contribution in [0.15, 0.2) is 212 Å². The first-order chi connectivity index (χ1) is 35.1. The summed E-state index contributed by atoms with van der Waals surface area (Å²) in [4.78, 5) is 4.39. The summed E-state index contributed by atoms with van der Waals surface area (Å²) >= 11 is 0. The number of fused-ring (bicyclic) bond motifs is 3. The number of aromatic nitrogens is 1. The first kappa shape index (κ1) is 47.2. The van der Waals surface area contributed by atoms with E-state index in [1.165, 1.54) is 0 Å². The summed E-state index contributed by atoms with van der Waals surface area (Å²) in [5.41, 5.74) is 12.4. The van der Waals surface area contributed by atoms with Gasteiger partial charge in [0.05, 0.1) is 28.4 Å². The van der Waals surface area contributed by atoms with Gasteiger partial charge in [0.25, 0.3) is 10.1 Å². The average Bonchev–Trinajstić information content (AvgIpc) is 3.74. The lowest BCUT2D eigenvalue weighted by Gasteiger charge is -2.26. The third-order valence-corrected chi connectivity index (χ3v) is 14.5. The number of aryl methyl sites for hydroxylation is 1. The van der Waals surface area contributed by atoms with Crippen LogP contribution < -0.4 is 28.7 Å². The SMILES string of the molecule is COc1ccc(N(c2ccc(OC)cc2)c2ccc(-c3ccc4c(c3)c3cc(-c5ccc(N(c6ccc(OC)cc6)c6ccc(OC)cc6)cc5)ccc3n4CCC(c3ccccc3)S(=O)(=O)O)cc2)cc1. The van der Waals surface area contributed by atoms with Crippen molar-refractivity contribution in [3.05, 3.63) is 218 Å². The number of anilines is 6. The van der Waals surface area contributed by atoms with Gasteiger partial charge in [-0.2, -0.15) is 8.42 Å². The standard InChI is InChI=1S/C61H53N3O7S/c1-68-53-28-20-49(21-29-53)63(50-22-30-54(69-2)31-23-50)47-16-10-42(11-17-47)45-14-36-59-57(40-45)58-41-46(15-37-60(58)62(59)39-38-61(72(65,66)67)44-8-6-5-7-9-44)43-12-18-48(19-13-43)64(51-24-32-55(70-3)33-25-51)52-26-34-56(71-4)35-27-52/h5-37,40-41,61H,38-39H2,1-4H3,(H,65,66,67). The second-order valence-electron chi connectivity index (χ2n) is 17.4. The van der Waals surface area contributed by atoms with Gasteiger partial charge in [-0.25, -0.2) is 0 Å². The van der Waals surface area contributed by atoms with Crippen molar-refractivity contribution < 1.29 is 31.9 Å². The van der Waals surface area contributed by atoms with Gasteiger partial charge in [0.2, 0.25) is 0 Å². The van der Waals surface area contributed by atoms with E-state index in [1.807, 2.05) is 103 Å². The molecule has 0 aliphatic carbocycles. The zero-order chi connectivity index (χ0) is 49.8. The van der Waals surface area contributed by atoms with Crippen LogP contribution in [0.25, 0.3) is 44.1 Å². The molecule has 0 spiro atoms. The molecule has 0 bridgehead atoms. The van der Waals surface area contributed by atoms with E-state index in [-0.39, 0.29) is 6.42 Å². The number of hydrogen-bond donors (Lipinski definition) is 1. The quantitative estimate of drug-likeness (QED) is 0.0894. The van der Waals surface area contributed by atoms with E-state index in [0.29, 0.717) is 12.1 Å². The molecule has 360 valence electrons. The molecule has 0 radical (unpaired) electrons. The maximum Gasteiger partial charge on any atom is 0.272 e. The molecular formula is C61H53N3O7S. The number of ether oxygens (including phenoxy) is 4. The van der Waals surface area contributed by atoms with Crippen LogP contribution in [0, 0.1) is 0 Å². The monoisotopic (exact) mass is 971 g/mol. The van der Waals surface area contributed by atoms with E-state index in [4.69, 9.17) is 18.9 Å². The van der Waals surface area contributed by atoms with Crippen molar-refractivity contribution in [3.8, 4) is 45.3 Å². The van der Waals surface area contributed by atoms with Gasteiger partial charge in [-0.1, -0.05) is 66.7 Å². The Bertz CT molecular complexity index is 3270. The van der Waals surface area contributed by atoms with Gasteiger partial charge >= 0.3 is 0 Å². The molecule has 1 atom stereocenters. The highest BCUT2D eigenvalue weighted by Gasteiger charge is 2.26. The molecule has 0 aliphatic rings. The van der Waals surface area contributed by atoms with Gasteiger partial charge in [-0.3, -0.25) is 4.55 Å². The lowest BCUT2D eigenvalue weighted by Crippen LogP contribution is -2.15. The molecule has 0 amide bonds. The second kappa shape index (κ2) is 20.4. The molecule has 11 heteroatoms. The number of nitrogens with zero attached hydrogens (tertiary/aromatic N) is 3. The lowest BCUT2D eigenvalue weighted by molar-refractivity contribution is 0.414. The van der Waals surface area contributed by atoms with Gasteiger partial charge in [0.1, 0.15) is 28.2 Å². The first-order valence-corrected chi connectivity index (χ1v) is 25.1. The van der Waals surface area contributed by atoms with Crippen molar-refractivity contribution in [2.75, 3.05) is 38.2 Å². The van der Waals surface area contributed by atoms with Gasteiger partial charge in [0.15, 0.2) is 0 Å². The number of benzene rings is 9. The summed E-state index contributed by atoms with van der Waals surface area (Å²) in [6.45, 7) is 0.348. The molecule has 72 heavy (non-hydrogen) atoms. The maximum atomic E-state index is 12.9. The predicted octanol–water partition coefficient (Wildman–Crippen LogP) is 15.1. The highest BCUT2D eigenvalue weighted by atomic mass is 32.2. The Morgan fingerprint density at radius 2 is 0.722 bits per heavy atom. The van der Waals surface area contributed by atoms with E-state index in [9.17, 15) is 13.0 Å². The minimum atomic E-state index is -4.41. The zero-order valence-electron chi connectivity index (χ0n) is 40.3. The number of hydrogen-bond acceptors (Lipinski definition) is 8. The smallest absolute Gasteiger partial charge is 0.272 e. The number of rotatable bonds is 17. The Labute approximate surface area is 420 Å². The average molecular weight is 972 g/mol. The molecule has 10 rings (SSSR count). The molecule has 0 fully saturated rings. The maximum absolute atomic E-state index is 12.9. The topological polar surface area (TPSA) is 103 Å².